The van der Waals surface area contributed by atoms with Crippen LogP contribution in [-0.2, 0) is 34.5 Å². The highest BCUT2D eigenvalue weighted by Gasteiger charge is 2.27. The van der Waals surface area contributed by atoms with E-state index in [-0.39, 0.29) is 71.3 Å². The van der Waals surface area contributed by atoms with Crippen molar-refractivity contribution in [2.45, 2.75) is 175 Å². The number of hydrogen-bond acceptors (Lipinski definition) is 6. The minimum Gasteiger partial charge on any atom is -0.507 e. The summed E-state index contributed by atoms with van der Waals surface area (Å²) in [6.07, 6.45) is 13.3. The molecule has 6 nitrogen and oxygen atoms in total. The molecule has 0 bridgehead atoms. The SMILES string of the molecule is CC(C)(C)c1cc(CCNCCCCNCCCCCCCNCCCCNCCc2cc(C(C)(C)C)c(O)c(C(C)(C)C)c2)cc(C(C)(C)C)c1O.Cl.Cl.Cl.Cl. The Hall–Kier alpha value is -0.960. The summed E-state index contributed by atoms with van der Waals surface area (Å²) in [5, 5.41) is 36.5. The second-order valence-corrected chi connectivity index (χ2v) is 19.8. The van der Waals surface area contributed by atoms with Gasteiger partial charge in [-0.3, -0.25) is 0 Å². The van der Waals surface area contributed by atoms with Crippen molar-refractivity contribution < 1.29 is 10.2 Å². The number of phenols is 2. The van der Waals surface area contributed by atoms with Gasteiger partial charge in [-0.25, -0.2) is 0 Å². The number of aromatic hydroxyl groups is 2. The van der Waals surface area contributed by atoms with Crippen LogP contribution in [0.15, 0.2) is 24.3 Å². The van der Waals surface area contributed by atoms with Crippen LogP contribution in [0.25, 0.3) is 0 Å². The summed E-state index contributed by atoms with van der Waals surface area (Å²) in [6, 6.07) is 8.84. The quantitative estimate of drug-likeness (QED) is 0.0589. The van der Waals surface area contributed by atoms with E-state index in [1.807, 2.05) is 0 Å². The first-order valence-electron chi connectivity index (χ1n) is 21.3. The smallest absolute Gasteiger partial charge is 0.123 e. The van der Waals surface area contributed by atoms with Crippen molar-refractivity contribution in [2.24, 2.45) is 0 Å². The number of halogens is 4. The van der Waals surface area contributed by atoms with Crippen LogP contribution in [0.4, 0.5) is 0 Å². The predicted octanol–water partition coefficient (Wildman–Crippen LogP) is 11.6. The molecule has 0 unspecified atom stereocenters. The van der Waals surface area contributed by atoms with Crippen LogP contribution >= 0.6 is 49.6 Å². The number of unbranched alkanes of at least 4 members (excludes halogenated alkanes) is 6. The van der Waals surface area contributed by atoms with E-state index in [4.69, 9.17) is 0 Å². The monoisotopic (exact) mass is 881 g/mol. The van der Waals surface area contributed by atoms with Gasteiger partial charge in [-0.2, -0.15) is 0 Å². The van der Waals surface area contributed by atoms with Crippen LogP contribution in [0.3, 0.4) is 0 Å². The zero-order chi connectivity index (χ0) is 39.7. The lowest BCUT2D eigenvalue weighted by Crippen LogP contribution is -2.22. The Kier molecular flexibility index (Phi) is 31.0. The maximum absolute atomic E-state index is 11.0. The van der Waals surface area contributed by atoms with Crippen molar-refractivity contribution in [1.82, 2.24) is 21.3 Å². The zero-order valence-electron chi connectivity index (χ0n) is 38.3. The van der Waals surface area contributed by atoms with Crippen LogP contribution in [0.2, 0.25) is 0 Å². The third kappa shape index (κ3) is 23.6. The summed E-state index contributed by atoms with van der Waals surface area (Å²) in [6.45, 7) is 34.7. The second kappa shape index (κ2) is 29.3. The normalized spacial score (nSPS) is 12.0. The van der Waals surface area contributed by atoms with Gasteiger partial charge in [-0.1, -0.05) is 127 Å². The lowest BCUT2D eigenvalue weighted by Gasteiger charge is -2.28. The Balaban J connectivity index is -0.00000729. The molecule has 0 atom stereocenters. The number of hydrogen-bond donors (Lipinski definition) is 6. The molecule has 2 rings (SSSR count). The number of nitrogens with one attached hydrogen (secondary N) is 4. The molecular weight excluding hydrogens is 794 g/mol. The Morgan fingerprint density at radius 3 is 0.754 bits per heavy atom. The zero-order valence-corrected chi connectivity index (χ0v) is 41.5. The Morgan fingerprint density at radius 2 is 0.526 bits per heavy atom. The van der Waals surface area contributed by atoms with Crippen molar-refractivity contribution >= 4 is 49.6 Å². The highest BCUT2D eigenvalue weighted by molar-refractivity contribution is 5.86. The molecule has 0 heterocycles. The summed E-state index contributed by atoms with van der Waals surface area (Å²) >= 11 is 0. The molecule has 0 aliphatic heterocycles. The fraction of sp³-hybridized carbons (Fsp3) is 0.745. The lowest BCUT2D eigenvalue weighted by molar-refractivity contribution is 0.421. The highest BCUT2D eigenvalue weighted by Crippen LogP contribution is 2.41. The van der Waals surface area contributed by atoms with Crippen LogP contribution in [-0.4, -0.2) is 62.6 Å². The molecule has 57 heavy (non-hydrogen) atoms. The molecule has 0 fully saturated rings. The molecule has 0 amide bonds. The van der Waals surface area contributed by atoms with Crippen LogP contribution in [0.1, 0.15) is 174 Å². The molecule has 10 heteroatoms. The Morgan fingerprint density at radius 1 is 0.333 bits per heavy atom. The maximum Gasteiger partial charge on any atom is 0.123 e. The lowest BCUT2D eigenvalue weighted by atomic mass is 9.78. The average Bonchev–Trinajstić information content (AvgIpc) is 3.04. The van der Waals surface area contributed by atoms with Gasteiger partial charge in [0, 0.05) is 0 Å². The number of rotatable bonds is 24. The van der Waals surface area contributed by atoms with Crippen molar-refractivity contribution in [3.63, 3.8) is 0 Å². The Bertz CT molecular complexity index is 1170. The predicted molar refractivity (Wildman–Crippen MR) is 260 cm³/mol. The third-order valence-corrected chi connectivity index (χ3v) is 10.4. The largest absolute Gasteiger partial charge is 0.507 e. The van der Waals surface area contributed by atoms with Gasteiger partial charge in [0.05, 0.1) is 0 Å². The van der Waals surface area contributed by atoms with Gasteiger partial charge in [-0.05, 0) is 159 Å². The van der Waals surface area contributed by atoms with E-state index in [1.54, 1.807) is 0 Å². The molecule has 336 valence electrons. The standard InChI is InChI=1S/C47H84N4O2.4ClH/c1-44(2,3)38-32-36(33-39(42(38)52)45(4,5)6)22-30-50-28-20-18-26-48-24-16-14-13-15-17-25-49-27-19-21-29-51-31-23-37-34-40(46(7,8)9)43(53)41(35-37)47(10,11)12;;;;/h32-35,48-53H,13-31H2,1-12H3;4*1H. The third-order valence-electron chi connectivity index (χ3n) is 10.4. The number of benzene rings is 2. The molecule has 2 aromatic carbocycles. The van der Waals surface area contributed by atoms with Gasteiger partial charge in [0.25, 0.3) is 0 Å². The summed E-state index contributed by atoms with van der Waals surface area (Å²) in [4.78, 5) is 0. The highest BCUT2D eigenvalue weighted by atomic mass is 35.5. The first-order chi connectivity index (χ1) is 24.7. The summed E-state index contributed by atoms with van der Waals surface area (Å²) < 4.78 is 0. The fourth-order valence-electron chi connectivity index (χ4n) is 6.96. The van der Waals surface area contributed by atoms with Crippen molar-refractivity contribution in [3.05, 3.63) is 57.6 Å². The van der Waals surface area contributed by atoms with Gasteiger partial charge in [0.2, 0.25) is 0 Å². The van der Waals surface area contributed by atoms with E-state index < -0.39 is 0 Å². The van der Waals surface area contributed by atoms with E-state index in [1.165, 1.54) is 68.9 Å². The van der Waals surface area contributed by atoms with Gasteiger partial charge in [0.1, 0.15) is 11.5 Å². The first-order valence-corrected chi connectivity index (χ1v) is 21.3. The summed E-state index contributed by atoms with van der Waals surface area (Å²) in [7, 11) is 0. The van der Waals surface area contributed by atoms with E-state index in [0.29, 0.717) is 11.5 Å². The molecule has 0 spiro atoms. The van der Waals surface area contributed by atoms with Crippen LogP contribution in [0.5, 0.6) is 11.5 Å². The van der Waals surface area contributed by atoms with Gasteiger partial charge >= 0.3 is 0 Å². The van der Waals surface area contributed by atoms with E-state index >= 15 is 0 Å². The van der Waals surface area contributed by atoms with Crippen LogP contribution < -0.4 is 21.3 Å². The van der Waals surface area contributed by atoms with E-state index in [0.717, 1.165) is 87.5 Å². The van der Waals surface area contributed by atoms with Crippen LogP contribution in [0, 0.1) is 0 Å². The van der Waals surface area contributed by atoms with Crippen molar-refractivity contribution in [3.8, 4) is 11.5 Å². The average molecular weight is 883 g/mol. The molecule has 0 aliphatic carbocycles. The van der Waals surface area contributed by atoms with Gasteiger partial charge in [-0.15, -0.1) is 49.6 Å². The molecule has 0 saturated carbocycles. The molecule has 0 aromatic heterocycles. The second-order valence-electron chi connectivity index (χ2n) is 19.8. The van der Waals surface area contributed by atoms with E-state index in [9.17, 15) is 10.2 Å². The first kappa shape index (κ1) is 60.3. The number of phenolic OH excluding ortho intramolecular Hbond substituents is 2. The minimum atomic E-state index is -0.0782. The summed E-state index contributed by atoms with van der Waals surface area (Å²) in [5.74, 6) is 0.940. The minimum absolute atomic E-state index is 0. The summed E-state index contributed by atoms with van der Waals surface area (Å²) in [5.41, 5.74) is 6.53. The van der Waals surface area contributed by atoms with E-state index in [2.05, 4.69) is 129 Å². The van der Waals surface area contributed by atoms with Crippen molar-refractivity contribution in [2.75, 3.05) is 52.4 Å². The molecule has 2 aromatic rings. The Labute approximate surface area is 376 Å². The van der Waals surface area contributed by atoms with Gasteiger partial charge < -0.3 is 31.5 Å². The molecule has 6 N–H and O–H groups in total. The molecular formula is C47H88Cl4N4O2. The topological polar surface area (TPSA) is 88.6 Å². The molecule has 0 aliphatic rings. The van der Waals surface area contributed by atoms with Crippen molar-refractivity contribution in [1.29, 1.82) is 0 Å². The van der Waals surface area contributed by atoms with Gasteiger partial charge in [0.15, 0.2) is 0 Å². The fourth-order valence-corrected chi connectivity index (χ4v) is 6.96. The molecule has 0 saturated heterocycles. The maximum atomic E-state index is 11.0. The molecule has 0 radical (unpaired) electrons.